The molecule has 0 aliphatic rings. The summed E-state index contributed by atoms with van der Waals surface area (Å²) in [7, 11) is 1.48. The highest BCUT2D eigenvalue weighted by Gasteiger charge is 2.11. The summed E-state index contributed by atoms with van der Waals surface area (Å²) in [5.74, 6) is -1.21. The molecule has 0 unspecified atom stereocenters. The number of carbonyl (C=O) groups is 2. The number of aromatic nitrogens is 2. The Hall–Kier alpha value is -3.61. The van der Waals surface area contributed by atoms with E-state index < -0.39 is 11.9 Å². The van der Waals surface area contributed by atoms with Crippen LogP contribution in [0.25, 0.3) is 16.8 Å². The quantitative estimate of drug-likeness (QED) is 0.743. The third-order valence-electron chi connectivity index (χ3n) is 3.74. The van der Waals surface area contributed by atoms with Crippen molar-refractivity contribution >= 4 is 11.9 Å². The summed E-state index contributed by atoms with van der Waals surface area (Å²) >= 11 is 0. The zero-order chi connectivity index (χ0) is 18.0. The minimum absolute atomic E-state index is 0.0177. The first-order valence-electron chi connectivity index (χ1n) is 7.37. The largest absolute Gasteiger partial charge is 0.496 e. The summed E-state index contributed by atoms with van der Waals surface area (Å²) in [6.07, 6.45) is 1.59. The number of methoxy groups -OCH3 is 1. The number of nitrogens with two attached hydrogens (primary N) is 1. The van der Waals surface area contributed by atoms with E-state index in [0.717, 1.165) is 16.8 Å². The van der Waals surface area contributed by atoms with Gasteiger partial charge in [0.05, 0.1) is 18.4 Å². The Morgan fingerprint density at radius 1 is 1.08 bits per heavy atom. The van der Waals surface area contributed by atoms with Gasteiger partial charge in [0.1, 0.15) is 5.75 Å². The summed E-state index contributed by atoms with van der Waals surface area (Å²) in [5.41, 5.74) is 8.12. The number of amides is 1. The van der Waals surface area contributed by atoms with Crippen molar-refractivity contribution in [2.75, 3.05) is 7.11 Å². The van der Waals surface area contributed by atoms with Gasteiger partial charge in [-0.05, 0) is 41.5 Å². The normalized spacial score (nSPS) is 10.4. The fourth-order valence-corrected chi connectivity index (χ4v) is 2.46. The number of carboxylic acid groups (broad SMARTS) is 1. The number of carbonyl (C=O) groups excluding carboxylic acids is 1. The van der Waals surface area contributed by atoms with Crippen LogP contribution in [0.1, 0.15) is 20.8 Å². The molecule has 0 bridgehead atoms. The molecule has 25 heavy (non-hydrogen) atoms. The number of carboxylic acids is 1. The van der Waals surface area contributed by atoms with Crippen molar-refractivity contribution in [1.82, 2.24) is 9.78 Å². The molecule has 1 aromatic heterocycles. The Balaban J connectivity index is 1.92. The molecule has 2 aromatic carbocycles. The van der Waals surface area contributed by atoms with Gasteiger partial charge in [0, 0.05) is 6.20 Å². The fraction of sp³-hybridized carbons (Fsp3) is 0.0556. The topological polar surface area (TPSA) is 107 Å². The lowest BCUT2D eigenvalue weighted by atomic mass is 10.0. The second kappa shape index (κ2) is 6.48. The molecule has 7 heteroatoms. The molecular formula is C18H15N3O4. The van der Waals surface area contributed by atoms with Crippen LogP contribution in [0.15, 0.2) is 54.7 Å². The number of ether oxygens (including phenoxy) is 1. The molecule has 126 valence electrons. The number of aromatic carboxylic acids is 1. The molecule has 0 saturated carbocycles. The molecule has 0 spiro atoms. The van der Waals surface area contributed by atoms with Crippen LogP contribution in [0, 0.1) is 0 Å². The third-order valence-corrected chi connectivity index (χ3v) is 3.74. The first kappa shape index (κ1) is 16.3. The van der Waals surface area contributed by atoms with Gasteiger partial charge in [-0.3, -0.25) is 4.79 Å². The van der Waals surface area contributed by atoms with Gasteiger partial charge in [-0.15, -0.1) is 0 Å². The van der Waals surface area contributed by atoms with Crippen LogP contribution in [-0.4, -0.2) is 33.9 Å². The zero-order valence-corrected chi connectivity index (χ0v) is 13.3. The molecule has 1 heterocycles. The maximum Gasteiger partial charge on any atom is 0.356 e. The van der Waals surface area contributed by atoms with Crippen LogP contribution in [0.5, 0.6) is 5.75 Å². The Labute approximate surface area is 143 Å². The lowest BCUT2D eigenvalue weighted by molar-refractivity contribution is 0.0689. The minimum Gasteiger partial charge on any atom is -0.496 e. The van der Waals surface area contributed by atoms with Crippen molar-refractivity contribution in [1.29, 1.82) is 0 Å². The molecule has 1 amide bonds. The number of hydrogen-bond acceptors (Lipinski definition) is 4. The van der Waals surface area contributed by atoms with Crippen molar-refractivity contribution in [3.05, 3.63) is 66.0 Å². The van der Waals surface area contributed by atoms with E-state index in [4.69, 9.17) is 15.6 Å². The Kier molecular flexibility index (Phi) is 4.21. The Morgan fingerprint density at radius 2 is 1.76 bits per heavy atom. The average Bonchev–Trinajstić information content (AvgIpc) is 3.11. The second-order valence-electron chi connectivity index (χ2n) is 5.28. The molecule has 0 fully saturated rings. The van der Waals surface area contributed by atoms with Gasteiger partial charge < -0.3 is 15.6 Å². The third kappa shape index (κ3) is 3.20. The lowest BCUT2D eigenvalue weighted by Gasteiger charge is -2.09. The lowest BCUT2D eigenvalue weighted by Crippen LogP contribution is -2.12. The standard InChI is InChI=1S/C18H15N3O4/c1-25-16-10-12(4-7-14(16)17(19)22)11-2-5-13(6-3-11)21-9-8-15(20-21)18(23)24/h2-10H,1H3,(H2,19,22)(H,23,24). The van der Waals surface area contributed by atoms with Crippen molar-refractivity contribution < 1.29 is 19.4 Å². The van der Waals surface area contributed by atoms with Crippen LogP contribution in [0.2, 0.25) is 0 Å². The molecule has 0 aliphatic heterocycles. The SMILES string of the molecule is COc1cc(-c2ccc(-n3ccc(C(=O)O)n3)cc2)ccc1C(N)=O. The Bertz CT molecular complexity index is 945. The number of benzene rings is 2. The molecule has 7 nitrogen and oxygen atoms in total. The minimum atomic E-state index is -1.07. The first-order valence-corrected chi connectivity index (χ1v) is 7.37. The molecule has 0 aliphatic carbocycles. The Morgan fingerprint density at radius 3 is 2.32 bits per heavy atom. The highest BCUT2D eigenvalue weighted by molar-refractivity contribution is 5.96. The first-order chi connectivity index (χ1) is 12.0. The maximum absolute atomic E-state index is 11.4. The van der Waals surface area contributed by atoms with Crippen LogP contribution < -0.4 is 10.5 Å². The fourth-order valence-electron chi connectivity index (χ4n) is 2.46. The average molecular weight is 337 g/mol. The van der Waals surface area contributed by atoms with E-state index in [2.05, 4.69) is 5.10 Å². The predicted molar refractivity (Wildman–Crippen MR) is 91.0 cm³/mol. The van der Waals surface area contributed by atoms with Gasteiger partial charge >= 0.3 is 5.97 Å². The van der Waals surface area contributed by atoms with Crippen LogP contribution >= 0.6 is 0 Å². The van der Waals surface area contributed by atoms with Gasteiger partial charge in [-0.1, -0.05) is 18.2 Å². The summed E-state index contributed by atoms with van der Waals surface area (Å²) in [6.45, 7) is 0. The van der Waals surface area contributed by atoms with E-state index in [1.165, 1.54) is 17.9 Å². The van der Waals surface area contributed by atoms with Crippen LogP contribution in [-0.2, 0) is 0 Å². The molecule has 3 N–H and O–H groups in total. The van der Waals surface area contributed by atoms with Gasteiger partial charge in [0.15, 0.2) is 5.69 Å². The summed E-state index contributed by atoms with van der Waals surface area (Å²) in [4.78, 5) is 22.3. The zero-order valence-electron chi connectivity index (χ0n) is 13.3. The molecule has 3 rings (SSSR count). The van der Waals surface area contributed by atoms with Crippen molar-refractivity contribution in [3.8, 4) is 22.6 Å². The van der Waals surface area contributed by atoms with E-state index in [1.54, 1.807) is 24.4 Å². The van der Waals surface area contributed by atoms with E-state index >= 15 is 0 Å². The summed E-state index contributed by atoms with van der Waals surface area (Å²) in [6, 6.07) is 14.0. The van der Waals surface area contributed by atoms with Crippen molar-refractivity contribution in [2.24, 2.45) is 5.73 Å². The van der Waals surface area contributed by atoms with Crippen LogP contribution in [0.4, 0.5) is 0 Å². The second-order valence-corrected chi connectivity index (χ2v) is 5.28. The van der Waals surface area contributed by atoms with Crippen molar-refractivity contribution in [2.45, 2.75) is 0 Å². The van der Waals surface area contributed by atoms with Gasteiger partial charge in [-0.2, -0.15) is 5.10 Å². The molecule has 0 radical (unpaired) electrons. The monoisotopic (exact) mass is 337 g/mol. The van der Waals surface area contributed by atoms with E-state index in [0.29, 0.717) is 11.3 Å². The summed E-state index contributed by atoms with van der Waals surface area (Å²) < 4.78 is 6.71. The highest BCUT2D eigenvalue weighted by atomic mass is 16.5. The highest BCUT2D eigenvalue weighted by Crippen LogP contribution is 2.27. The number of primary amides is 1. The molecule has 0 atom stereocenters. The van der Waals surface area contributed by atoms with Gasteiger partial charge in [-0.25, -0.2) is 9.48 Å². The number of hydrogen-bond donors (Lipinski definition) is 2. The van der Waals surface area contributed by atoms with E-state index in [1.807, 2.05) is 24.3 Å². The molecule has 0 saturated heterocycles. The smallest absolute Gasteiger partial charge is 0.356 e. The van der Waals surface area contributed by atoms with E-state index in [9.17, 15) is 9.59 Å². The van der Waals surface area contributed by atoms with Crippen LogP contribution in [0.3, 0.4) is 0 Å². The molecule has 3 aromatic rings. The summed E-state index contributed by atoms with van der Waals surface area (Å²) in [5, 5.41) is 12.9. The maximum atomic E-state index is 11.4. The van der Waals surface area contributed by atoms with Crippen molar-refractivity contribution in [3.63, 3.8) is 0 Å². The van der Waals surface area contributed by atoms with Gasteiger partial charge in [0.2, 0.25) is 0 Å². The van der Waals surface area contributed by atoms with Gasteiger partial charge in [0.25, 0.3) is 5.91 Å². The molecular weight excluding hydrogens is 322 g/mol. The number of nitrogens with zero attached hydrogens (tertiary/aromatic N) is 2. The van der Waals surface area contributed by atoms with E-state index in [-0.39, 0.29) is 5.69 Å². The predicted octanol–water partition coefficient (Wildman–Crippen LogP) is 2.34. The number of rotatable bonds is 5.